The van der Waals surface area contributed by atoms with Crippen molar-refractivity contribution in [3.63, 3.8) is 0 Å². The summed E-state index contributed by atoms with van der Waals surface area (Å²) in [7, 11) is 0. The van der Waals surface area contributed by atoms with Crippen LogP contribution in [-0.4, -0.2) is 12.6 Å². The van der Waals surface area contributed by atoms with E-state index in [0.717, 1.165) is 6.42 Å². The van der Waals surface area contributed by atoms with Crippen molar-refractivity contribution in [2.75, 3.05) is 6.61 Å². The Balaban J connectivity index is 3.65. The fraction of sp³-hybridized carbons (Fsp3) is 0.480. The highest BCUT2D eigenvalue weighted by Crippen LogP contribution is 2.08. The minimum Gasteiger partial charge on any atom is -0.463 e. The Morgan fingerprint density at radius 1 is 0.630 bits per heavy atom. The summed E-state index contributed by atoms with van der Waals surface area (Å²) in [6.45, 7) is 4.70. The molecule has 2 nitrogen and oxygen atoms in total. The number of esters is 1. The molecule has 0 radical (unpaired) electrons. The average Bonchev–Trinajstić information content (AvgIpc) is 2.68. The molecule has 0 heterocycles. The molecule has 0 aromatic heterocycles. The minimum atomic E-state index is -0.296. The third-order valence-corrected chi connectivity index (χ3v) is 3.79. The summed E-state index contributed by atoms with van der Waals surface area (Å²) in [4.78, 5) is 11.2. The Bertz CT molecular complexity index is 504. The predicted octanol–water partition coefficient (Wildman–Crippen LogP) is 7.42. The first-order chi connectivity index (χ1) is 13.3. The molecule has 0 aromatic rings. The molecule has 0 aliphatic carbocycles. The molecule has 150 valence electrons. The predicted molar refractivity (Wildman–Crippen MR) is 119 cm³/mol. The Hall–Kier alpha value is -2.09. The Morgan fingerprint density at radius 2 is 1.15 bits per heavy atom. The van der Waals surface area contributed by atoms with Gasteiger partial charge in [-0.1, -0.05) is 119 Å². The quantitative estimate of drug-likeness (QED) is 0.122. The first kappa shape index (κ1) is 24.9. The van der Waals surface area contributed by atoms with Gasteiger partial charge in [0.15, 0.2) is 0 Å². The van der Waals surface area contributed by atoms with Gasteiger partial charge in [-0.2, -0.15) is 0 Å². The van der Waals surface area contributed by atoms with Gasteiger partial charge in [0.05, 0.1) is 6.61 Å². The van der Waals surface area contributed by atoms with Crippen LogP contribution in [0.15, 0.2) is 72.9 Å². The summed E-state index contributed by atoms with van der Waals surface area (Å²) in [5.41, 5.74) is 0. The van der Waals surface area contributed by atoms with E-state index in [1.807, 2.05) is 43.4 Å². The molecule has 27 heavy (non-hydrogen) atoms. The van der Waals surface area contributed by atoms with Crippen molar-refractivity contribution in [1.82, 2.24) is 0 Å². The van der Waals surface area contributed by atoms with Gasteiger partial charge in [0.2, 0.25) is 0 Å². The molecule has 0 amide bonds. The average molecular weight is 371 g/mol. The van der Waals surface area contributed by atoms with Crippen LogP contribution in [0.4, 0.5) is 0 Å². The summed E-state index contributed by atoms with van der Waals surface area (Å²) in [5, 5.41) is 0. The zero-order valence-electron chi connectivity index (χ0n) is 17.3. The van der Waals surface area contributed by atoms with Crippen LogP contribution < -0.4 is 0 Å². The molecule has 0 bridgehead atoms. The van der Waals surface area contributed by atoms with Crippen molar-refractivity contribution in [3.05, 3.63) is 72.9 Å². The van der Waals surface area contributed by atoms with Gasteiger partial charge < -0.3 is 4.74 Å². The van der Waals surface area contributed by atoms with Crippen molar-refractivity contribution in [2.24, 2.45) is 0 Å². The molecule has 0 fully saturated rings. The topological polar surface area (TPSA) is 26.3 Å². The van der Waals surface area contributed by atoms with E-state index >= 15 is 0 Å². The highest BCUT2D eigenvalue weighted by atomic mass is 16.5. The van der Waals surface area contributed by atoms with Gasteiger partial charge >= 0.3 is 5.97 Å². The highest BCUT2D eigenvalue weighted by Gasteiger charge is 1.91. The molecule has 2 heteroatoms. The van der Waals surface area contributed by atoms with E-state index in [9.17, 15) is 4.79 Å². The van der Waals surface area contributed by atoms with Crippen LogP contribution >= 0.6 is 0 Å². The second-order valence-electron chi connectivity index (χ2n) is 6.40. The number of hydrogen-bond acceptors (Lipinski definition) is 2. The van der Waals surface area contributed by atoms with Crippen molar-refractivity contribution < 1.29 is 9.53 Å². The van der Waals surface area contributed by atoms with Gasteiger partial charge in [0, 0.05) is 6.08 Å². The number of carbonyl (C=O) groups is 1. The van der Waals surface area contributed by atoms with Gasteiger partial charge in [0.25, 0.3) is 0 Å². The molecule has 0 unspecified atom stereocenters. The van der Waals surface area contributed by atoms with Crippen LogP contribution in [-0.2, 0) is 9.53 Å². The molecule has 0 saturated heterocycles. The summed E-state index contributed by atoms with van der Waals surface area (Å²) in [5.74, 6) is -0.296. The van der Waals surface area contributed by atoms with E-state index in [1.165, 1.54) is 57.4 Å². The Labute approximate surface area is 167 Å². The van der Waals surface area contributed by atoms with Gasteiger partial charge in [-0.05, 0) is 19.3 Å². The number of ether oxygens (including phenoxy) is 1. The fourth-order valence-corrected chi connectivity index (χ4v) is 2.29. The van der Waals surface area contributed by atoms with Crippen LogP contribution in [0.25, 0.3) is 0 Å². The summed E-state index contributed by atoms with van der Waals surface area (Å²) < 4.78 is 4.93. The van der Waals surface area contributed by atoms with Gasteiger partial charge in [0.1, 0.15) is 0 Å². The summed E-state index contributed by atoms with van der Waals surface area (Å²) in [6, 6.07) is 0. The van der Waals surface area contributed by atoms with Crippen LogP contribution in [0.2, 0.25) is 0 Å². The van der Waals surface area contributed by atoms with Gasteiger partial charge in [-0.25, -0.2) is 4.79 Å². The van der Waals surface area contributed by atoms with Gasteiger partial charge in [-0.3, -0.25) is 0 Å². The van der Waals surface area contributed by atoms with Crippen molar-refractivity contribution in [3.8, 4) is 0 Å². The highest BCUT2D eigenvalue weighted by molar-refractivity contribution is 5.82. The normalized spacial score (nSPS) is 12.8. The van der Waals surface area contributed by atoms with E-state index in [1.54, 1.807) is 12.2 Å². The second-order valence-corrected chi connectivity index (χ2v) is 6.40. The summed E-state index contributed by atoms with van der Waals surface area (Å²) in [6.07, 6.45) is 34.6. The maximum Gasteiger partial charge on any atom is 0.330 e. The van der Waals surface area contributed by atoms with Crippen molar-refractivity contribution in [2.45, 2.75) is 71.6 Å². The maximum atomic E-state index is 11.2. The number of hydrogen-bond donors (Lipinski definition) is 0. The van der Waals surface area contributed by atoms with E-state index in [-0.39, 0.29) is 5.97 Å². The third-order valence-electron chi connectivity index (χ3n) is 3.79. The standard InChI is InChI=1S/C25H38O2/c1-3-5-6-7-8-9-10-11-12-13-14-15-16-17-18-19-20-21-22-23-25(26)27-24-4-2/h12-23H,3-11,24H2,1-2H3. The summed E-state index contributed by atoms with van der Waals surface area (Å²) >= 11 is 0. The molecule has 0 N–H and O–H groups in total. The van der Waals surface area contributed by atoms with E-state index < -0.39 is 0 Å². The van der Waals surface area contributed by atoms with Crippen LogP contribution in [0, 0.1) is 0 Å². The largest absolute Gasteiger partial charge is 0.463 e. The first-order valence-corrected chi connectivity index (χ1v) is 10.5. The zero-order chi connectivity index (χ0) is 19.8. The second kappa shape index (κ2) is 22.0. The zero-order valence-corrected chi connectivity index (χ0v) is 17.3. The first-order valence-electron chi connectivity index (χ1n) is 10.5. The lowest BCUT2D eigenvalue weighted by Crippen LogP contribution is -2.00. The molecule has 0 rings (SSSR count). The third kappa shape index (κ3) is 21.9. The Morgan fingerprint density at radius 3 is 1.74 bits per heavy atom. The molecule has 0 saturated carbocycles. The molecule has 0 aliphatic rings. The lowest BCUT2D eigenvalue weighted by molar-refractivity contribution is -0.137. The van der Waals surface area contributed by atoms with E-state index in [4.69, 9.17) is 4.74 Å². The molecule has 0 atom stereocenters. The fourth-order valence-electron chi connectivity index (χ4n) is 2.29. The number of unbranched alkanes of at least 4 members (excludes halogenated alkanes) is 7. The number of carbonyl (C=O) groups excluding carboxylic acids is 1. The smallest absolute Gasteiger partial charge is 0.330 e. The molecule has 0 aliphatic heterocycles. The number of rotatable bonds is 16. The monoisotopic (exact) mass is 370 g/mol. The minimum absolute atomic E-state index is 0.296. The van der Waals surface area contributed by atoms with E-state index in [0.29, 0.717) is 6.61 Å². The van der Waals surface area contributed by atoms with Gasteiger partial charge in [-0.15, -0.1) is 0 Å². The van der Waals surface area contributed by atoms with Crippen LogP contribution in [0.1, 0.15) is 71.6 Å². The lowest BCUT2D eigenvalue weighted by atomic mass is 10.1. The van der Waals surface area contributed by atoms with Crippen LogP contribution in [0.5, 0.6) is 0 Å². The van der Waals surface area contributed by atoms with Crippen molar-refractivity contribution in [1.29, 1.82) is 0 Å². The molecule has 0 spiro atoms. The lowest BCUT2D eigenvalue weighted by Gasteiger charge is -1.98. The van der Waals surface area contributed by atoms with Crippen LogP contribution in [0.3, 0.4) is 0 Å². The molecule has 0 aromatic carbocycles. The van der Waals surface area contributed by atoms with E-state index in [2.05, 4.69) is 25.2 Å². The Kier molecular flexibility index (Phi) is 20.3. The maximum absolute atomic E-state index is 11.2. The molecular weight excluding hydrogens is 332 g/mol. The SMILES string of the molecule is CCCCCCCCCC=CC=CC=CC=CC=CC=CC(=O)OCCC. The van der Waals surface area contributed by atoms with Crippen molar-refractivity contribution >= 4 is 5.97 Å². The number of allylic oxidation sites excluding steroid dienone is 11. The molecular formula is C25H38O2.